The number of alkyl carbamates (subject to hydrolysis) is 1. The first-order valence-electron chi connectivity index (χ1n) is 9.56. The Morgan fingerprint density at radius 3 is 2.07 bits per heavy atom. The van der Waals surface area contributed by atoms with Crippen LogP contribution in [0.2, 0.25) is 0 Å². The van der Waals surface area contributed by atoms with Crippen LogP contribution in [0, 0.1) is 0 Å². The summed E-state index contributed by atoms with van der Waals surface area (Å²) in [6, 6.07) is 16.6. The molecule has 5 heteroatoms. The van der Waals surface area contributed by atoms with E-state index >= 15 is 0 Å². The molecular formula is C22H27NO4. The van der Waals surface area contributed by atoms with E-state index in [2.05, 4.69) is 29.6 Å². The molecule has 0 spiro atoms. The van der Waals surface area contributed by atoms with Crippen LogP contribution in [-0.4, -0.2) is 38.7 Å². The quantitative estimate of drug-likeness (QED) is 0.669. The molecule has 3 rings (SSSR count). The van der Waals surface area contributed by atoms with Crippen molar-refractivity contribution in [1.29, 1.82) is 0 Å². The monoisotopic (exact) mass is 369 g/mol. The summed E-state index contributed by atoms with van der Waals surface area (Å²) in [5.41, 5.74) is 4.86. The molecule has 1 aliphatic rings. The summed E-state index contributed by atoms with van der Waals surface area (Å²) in [7, 11) is 0. The lowest BCUT2D eigenvalue weighted by Crippen LogP contribution is -2.30. The van der Waals surface area contributed by atoms with Crippen molar-refractivity contribution in [3.05, 3.63) is 59.7 Å². The number of hydrogen-bond donors (Lipinski definition) is 1. The second kappa shape index (κ2) is 9.53. The van der Waals surface area contributed by atoms with E-state index in [1.54, 1.807) is 0 Å². The number of rotatable bonds is 9. The zero-order valence-corrected chi connectivity index (χ0v) is 15.9. The summed E-state index contributed by atoms with van der Waals surface area (Å²) in [5.74, 6) is 0.0720. The van der Waals surface area contributed by atoms with Crippen LogP contribution in [0.1, 0.15) is 37.3 Å². The first-order valence-corrected chi connectivity index (χ1v) is 9.56. The Bertz CT molecular complexity index is 710. The van der Waals surface area contributed by atoms with Gasteiger partial charge >= 0.3 is 6.09 Å². The van der Waals surface area contributed by atoms with E-state index in [4.69, 9.17) is 14.2 Å². The molecule has 0 bridgehead atoms. The van der Waals surface area contributed by atoms with Crippen LogP contribution in [0.25, 0.3) is 11.1 Å². The Morgan fingerprint density at radius 1 is 0.963 bits per heavy atom. The van der Waals surface area contributed by atoms with E-state index in [1.165, 1.54) is 22.3 Å². The van der Waals surface area contributed by atoms with Crippen molar-refractivity contribution >= 4 is 6.09 Å². The Labute approximate surface area is 160 Å². The molecule has 0 aromatic heterocycles. The van der Waals surface area contributed by atoms with E-state index in [0.717, 1.165) is 0 Å². The van der Waals surface area contributed by atoms with Gasteiger partial charge in [-0.25, -0.2) is 4.79 Å². The maximum Gasteiger partial charge on any atom is 0.407 e. The number of carbonyl (C=O) groups excluding carboxylic acids is 1. The number of amides is 1. The van der Waals surface area contributed by atoms with Gasteiger partial charge in [0.2, 0.25) is 0 Å². The van der Waals surface area contributed by atoms with Crippen LogP contribution in [0.3, 0.4) is 0 Å². The van der Waals surface area contributed by atoms with Gasteiger partial charge in [-0.15, -0.1) is 0 Å². The predicted molar refractivity (Wildman–Crippen MR) is 105 cm³/mol. The maximum absolute atomic E-state index is 12.1. The molecule has 0 aliphatic heterocycles. The minimum absolute atomic E-state index is 0.0720. The van der Waals surface area contributed by atoms with Gasteiger partial charge in [-0.3, -0.25) is 0 Å². The molecule has 5 nitrogen and oxygen atoms in total. The van der Waals surface area contributed by atoms with E-state index in [-0.39, 0.29) is 12.2 Å². The third kappa shape index (κ3) is 4.67. The summed E-state index contributed by atoms with van der Waals surface area (Å²) < 4.78 is 16.4. The average Bonchev–Trinajstić information content (AvgIpc) is 3.01. The summed E-state index contributed by atoms with van der Waals surface area (Å²) in [6.07, 6.45) is -0.121. The smallest absolute Gasteiger partial charge is 0.407 e. The van der Waals surface area contributed by atoms with Gasteiger partial charge in [0.25, 0.3) is 0 Å². The summed E-state index contributed by atoms with van der Waals surface area (Å²) in [6.45, 7) is 5.77. The third-order valence-electron chi connectivity index (χ3n) is 4.70. The van der Waals surface area contributed by atoms with Gasteiger partial charge in [0.15, 0.2) is 6.29 Å². The van der Waals surface area contributed by atoms with Gasteiger partial charge in [0.05, 0.1) is 0 Å². The minimum Gasteiger partial charge on any atom is -0.449 e. The van der Waals surface area contributed by atoms with Gasteiger partial charge < -0.3 is 19.5 Å². The second-order valence-electron chi connectivity index (χ2n) is 6.38. The van der Waals surface area contributed by atoms with Crippen molar-refractivity contribution in [2.24, 2.45) is 0 Å². The molecule has 2 aromatic rings. The molecule has 0 saturated carbocycles. The van der Waals surface area contributed by atoms with Crippen LogP contribution < -0.4 is 5.32 Å². The molecule has 2 aromatic carbocycles. The second-order valence-corrected chi connectivity index (χ2v) is 6.38. The molecule has 0 radical (unpaired) electrons. The molecule has 0 heterocycles. The summed E-state index contributed by atoms with van der Waals surface area (Å²) in [5, 5.41) is 2.78. The van der Waals surface area contributed by atoms with Gasteiger partial charge in [0, 0.05) is 32.1 Å². The highest BCUT2D eigenvalue weighted by Crippen LogP contribution is 2.44. The number of ether oxygens (including phenoxy) is 3. The lowest BCUT2D eigenvalue weighted by Gasteiger charge is -2.17. The molecular weight excluding hydrogens is 342 g/mol. The normalized spacial score (nSPS) is 12.7. The van der Waals surface area contributed by atoms with Crippen molar-refractivity contribution in [1.82, 2.24) is 5.32 Å². The highest BCUT2D eigenvalue weighted by atomic mass is 16.7. The van der Waals surface area contributed by atoms with Crippen LogP contribution in [0.4, 0.5) is 4.79 Å². The Morgan fingerprint density at radius 2 is 1.52 bits per heavy atom. The fourth-order valence-electron chi connectivity index (χ4n) is 3.53. The number of fused-ring (bicyclic) bond motifs is 3. The number of benzene rings is 2. The van der Waals surface area contributed by atoms with Gasteiger partial charge in [-0.2, -0.15) is 0 Å². The van der Waals surface area contributed by atoms with Gasteiger partial charge in [0.1, 0.15) is 6.61 Å². The highest BCUT2D eigenvalue weighted by molar-refractivity contribution is 5.79. The van der Waals surface area contributed by atoms with Crippen LogP contribution >= 0.6 is 0 Å². The SMILES string of the molecule is CCOC(CCNC(=O)OCC1c2ccccc2-c2ccccc21)OCC. The van der Waals surface area contributed by atoms with E-state index < -0.39 is 6.09 Å². The van der Waals surface area contributed by atoms with Crippen LogP contribution in [0.15, 0.2) is 48.5 Å². The van der Waals surface area contributed by atoms with E-state index in [9.17, 15) is 4.79 Å². The zero-order valence-electron chi connectivity index (χ0n) is 15.9. The first-order chi connectivity index (χ1) is 13.2. The molecule has 0 atom stereocenters. The first kappa shape index (κ1) is 19.4. The predicted octanol–water partition coefficient (Wildman–Crippen LogP) is 4.31. The third-order valence-corrected chi connectivity index (χ3v) is 4.70. The molecule has 0 saturated heterocycles. The van der Waals surface area contributed by atoms with E-state index in [0.29, 0.717) is 32.8 Å². The standard InChI is InChI=1S/C22H27NO4/c1-3-25-21(26-4-2)13-14-23-22(24)27-15-20-18-11-7-5-9-16(18)17-10-6-8-12-19(17)20/h5-12,20-21H,3-4,13-15H2,1-2H3,(H,23,24). The van der Waals surface area contributed by atoms with Crippen molar-refractivity contribution in [2.75, 3.05) is 26.4 Å². The Kier molecular flexibility index (Phi) is 6.85. The zero-order chi connectivity index (χ0) is 19.1. The molecule has 1 aliphatic carbocycles. The lowest BCUT2D eigenvalue weighted by atomic mass is 9.98. The largest absolute Gasteiger partial charge is 0.449 e. The fourth-order valence-corrected chi connectivity index (χ4v) is 3.53. The van der Waals surface area contributed by atoms with Crippen LogP contribution in [-0.2, 0) is 14.2 Å². The number of nitrogens with one attached hydrogen (secondary N) is 1. The van der Waals surface area contributed by atoms with Crippen molar-refractivity contribution in [2.45, 2.75) is 32.5 Å². The van der Waals surface area contributed by atoms with Crippen molar-refractivity contribution in [3.63, 3.8) is 0 Å². The lowest BCUT2D eigenvalue weighted by molar-refractivity contribution is -0.138. The minimum atomic E-state index is -0.413. The van der Waals surface area contributed by atoms with E-state index in [1.807, 2.05) is 38.1 Å². The van der Waals surface area contributed by atoms with Crippen molar-refractivity contribution in [3.8, 4) is 11.1 Å². The van der Waals surface area contributed by atoms with Crippen LogP contribution in [0.5, 0.6) is 0 Å². The average molecular weight is 369 g/mol. The summed E-state index contributed by atoms with van der Waals surface area (Å²) in [4.78, 5) is 12.1. The van der Waals surface area contributed by atoms with Crippen molar-refractivity contribution < 1.29 is 19.0 Å². The maximum atomic E-state index is 12.1. The Balaban J connectivity index is 1.53. The highest BCUT2D eigenvalue weighted by Gasteiger charge is 2.28. The number of hydrogen-bond acceptors (Lipinski definition) is 4. The fraction of sp³-hybridized carbons (Fsp3) is 0.409. The molecule has 0 fully saturated rings. The molecule has 1 amide bonds. The van der Waals surface area contributed by atoms with Gasteiger partial charge in [-0.1, -0.05) is 48.5 Å². The molecule has 144 valence electrons. The van der Waals surface area contributed by atoms with Gasteiger partial charge in [-0.05, 0) is 36.1 Å². The topological polar surface area (TPSA) is 56.8 Å². The molecule has 1 N–H and O–H groups in total. The molecule has 0 unspecified atom stereocenters. The number of carbonyl (C=O) groups is 1. The Hall–Kier alpha value is -2.37. The summed E-state index contributed by atoms with van der Waals surface area (Å²) >= 11 is 0. The molecule has 27 heavy (non-hydrogen) atoms.